The van der Waals surface area contributed by atoms with Gasteiger partial charge in [0.2, 0.25) is 0 Å². The Hall–Kier alpha value is -0.930. The van der Waals surface area contributed by atoms with Gasteiger partial charge in [0.15, 0.2) is 0 Å². The molecule has 15 heavy (non-hydrogen) atoms. The first-order valence-corrected chi connectivity index (χ1v) is 5.55. The molecule has 1 heterocycles. The second-order valence-electron chi connectivity index (χ2n) is 4.11. The molecule has 0 saturated carbocycles. The Bertz CT molecular complexity index is 460. The van der Waals surface area contributed by atoms with Crippen molar-refractivity contribution in [1.82, 2.24) is 9.88 Å². The van der Waals surface area contributed by atoms with E-state index in [1.807, 2.05) is 6.20 Å². The highest BCUT2D eigenvalue weighted by Gasteiger charge is 2.01. The molecule has 2 rings (SSSR count). The van der Waals surface area contributed by atoms with Gasteiger partial charge in [-0.15, -0.1) is 12.6 Å². The number of thiol groups is 1. The predicted molar refractivity (Wildman–Crippen MR) is 67.8 cm³/mol. The average molecular weight is 220 g/mol. The fourth-order valence-corrected chi connectivity index (χ4v) is 1.93. The molecule has 3 heteroatoms. The molecule has 0 spiro atoms. The molecule has 1 N–H and O–H groups in total. The van der Waals surface area contributed by atoms with Gasteiger partial charge in [-0.05, 0) is 32.1 Å². The van der Waals surface area contributed by atoms with Gasteiger partial charge < -0.3 is 9.88 Å². The molecule has 1 aromatic heterocycles. The molecule has 2 nitrogen and oxygen atoms in total. The van der Waals surface area contributed by atoms with Gasteiger partial charge in [-0.1, -0.05) is 12.1 Å². The van der Waals surface area contributed by atoms with Crippen LogP contribution < -0.4 is 0 Å². The van der Waals surface area contributed by atoms with Crippen LogP contribution in [0, 0.1) is 0 Å². The van der Waals surface area contributed by atoms with Gasteiger partial charge in [0, 0.05) is 28.5 Å². The van der Waals surface area contributed by atoms with Crippen LogP contribution in [0.5, 0.6) is 0 Å². The number of fused-ring (bicyclic) bond motifs is 1. The number of H-pyrrole nitrogens is 1. The summed E-state index contributed by atoms with van der Waals surface area (Å²) in [6.45, 7) is 1.08. The topological polar surface area (TPSA) is 19.0 Å². The smallest absolute Gasteiger partial charge is 0.0468 e. The van der Waals surface area contributed by atoms with Crippen LogP contribution in [0.1, 0.15) is 5.56 Å². The molecule has 0 unspecified atom stereocenters. The van der Waals surface area contributed by atoms with Crippen molar-refractivity contribution in [3.63, 3.8) is 0 Å². The summed E-state index contributed by atoms with van der Waals surface area (Å²) < 4.78 is 0. The average Bonchev–Trinajstić information content (AvgIpc) is 2.57. The summed E-state index contributed by atoms with van der Waals surface area (Å²) in [6, 6.07) is 6.52. The van der Waals surface area contributed by atoms with E-state index < -0.39 is 0 Å². The second kappa shape index (κ2) is 4.29. The molecule has 0 aliphatic rings. The number of nitrogens with zero attached hydrogens (tertiary/aromatic N) is 1. The Morgan fingerprint density at radius 1 is 1.33 bits per heavy atom. The van der Waals surface area contributed by atoms with Crippen molar-refractivity contribution >= 4 is 23.5 Å². The number of rotatable bonds is 3. The van der Waals surface area contributed by atoms with E-state index in [4.69, 9.17) is 0 Å². The zero-order chi connectivity index (χ0) is 10.8. The molecular formula is C12H16N2S. The van der Waals surface area contributed by atoms with Crippen molar-refractivity contribution in [3.8, 4) is 0 Å². The Morgan fingerprint density at radius 2 is 2.13 bits per heavy atom. The van der Waals surface area contributed by atoms with Gasteiger partial charge in [-0.3, -0.25) is 0 Å². The maximum absolute atomic E-state index is 4.38. The molecule has 0 radical (unpaired) electrons. The van der Waals surface area contributed by atoms with E-state index >= 15 is 0 Å². The van der Waals surface area contributed by atoms with E-state index in [2.05, 4.69) is 54.8 Å². The number of hydrogen-bond donors (Lipinski definition) is 2. The van der Waals surface area contributed by atoms with Crippen LogP contribution in [0.15, 0.2) is 29.3 Å². The summed E-state index contributed by atoms with van der Waals surface area (Å²) in [5, 5.41) is 1.20. The molecule has 80 valence electrons. The Balaban J connectivity index is 2.23. The van der Waals surface area contributed by atoms with Gasteiger partial charge in [0.1, 0.15) is 0 Å². The van der Waals surface area contributed by atoms with Crippen LogP contribution in [0.3, 0.4) is 0 Å². The van der Waals surface area contributed by atoms with E-state index in [0.717, 1.165) is 17.9 Å². The van der Waals surface area contributed by atoms with Crippen molar-refractivity contribution < 1.29 is 0 Å². The molecule has 1 aromatic carbocycles. The summed E-state index contributed by atoms with van der Waals surface area (Å²) >= 11 is 4.38. The minimum absolute atomic E-state index is 1.02. The minimum Gasteiger partial charge on any atom is -0.360 e. The molecule has 0 aliphatic carbocycles. The first-order valence-electron chi connectivity index (χ1n) is 5.10. The monoisotopic (exact) mass is 220 g/mol. The van der Waals surface area contributed by atoms with E-state index in [1.54, 1.807) is 0 Å². The van der Waals surface area contributed by atoms with Crippen LogP contribution in [-0.4, -0.2) is 30.5 Å². The van der Waals surface area contributed by atoms with E-state index in [-0.39, 0.29) is 0 Å². The van der Waals surface area contributed by atoms with E-state index in [9.17, 15) is 0 Å². The molecule has 0 saturated heterocycles. The molecule has 0 fully saturated rings. The highest BCUT2D eigenvalue weighted by molar-refractivity contribution is 7.80. The lowest BCUT2D eigenvalue weighted by Crippen LogP contribution is -2.14. The van der Waals surface area contributed by atoms with Gasteiger partial charge in [-0.2, -0.15) is 0 Å². The highest BCUT2D eigenvalue weighted by atomic mass is 32.1. The lowest BCUT2D eigenvalue weighted by molar-refractivity contribution is 0.414. The third-order valence-electron chi connectivity index (χ3n) is 2.57. The quantitative estimate of drug-likeness (QED) is 0.761. The SMILES string of the molecule is CN(C)CCc1ccc2c(S)c[nH]c2c1. The van der Waals surface area contributed by atoms with Crippen molar-refractivity contribution in [2.75, 3.05) is 20.6 Å². The molecular weight excluding hydrogens is 204 g/mol. The standard InChI is InChI=1S/C12H16N2S/c1-14(2)6-5-9-3-4-10-11(7-9)13-8-12(10)15/h3-4,7-8,13,15H,5-6H2,1-2H3. The maximum Gasteiger partial charge on any atom is 0.0468 e. The minimum atomic E-state index is 1.02. The van der Waals surface area contributed by atoms with Crippen LogP contribution in [0.2, 0.25) is 0 Å². The van der Waals surface area contributed by atoms with Crippen molar-refractivity contribution in [2.24, 2.45) is 0 Å². The highest BCUT2D eigenvalue weighted by Crippen LogP contribution is 2.22. The van der Waals surface area contributed by atoms with Gasteiger partial charge in [0.25, 0.3) is 0 Å². The van der Waals surface area contributed by atoms with Crippen molar-refractivity contribution in [3.05, 3.63) is 30.0 Å². The van der Waals surface area contributed by atoms with Gasteiger partial charge in [-0.25, -0.2) is 0 Å². The number of likely N-dealkylation sites (N-methyl/N-ethyl adjacent to an activating group) is 1. The summed E-state index contributed by atoms with van der Waals surface area (Å²) in [5.74, 6) is 0. The first kappa shape index (κ1) is 10.6. The maximum atomic E-state index is 4.38. The largest absolute Gasteiger partial charge is 0.360 e. The lowest BCUT2D eigenvalue weighted by atomic mass is 10.1. The van der Waals surface area contributed by atoms with Crippen molar-refractivity contribution in [1.29, 1.82) is 0 Å². The number of nitrogens with one attached hydrogen (secondary N) is 1. The van der Waals surface area contributed by atoms with Gasteiger partial charge >= 0.3 is 0 Å². The predicted octanol–water partition coefficient (Wildman–Crippen LogP) is 2.56. The Labute approximate surface area is 95.7 Å². The summed E-state index contributed by atoms with van der Waals surface area (Å²) in [4.78, 5) is 6.44. The molecule has 0 amide bonds. The van der Waals surface area contributed by atoms with Crippen molar-refractivity contribution in [2.45, 2.75) is 11.3 Å². The number of aromatic amines is 1. The Kier molecular flexibility index (Phi) is 3.03. The number of benzene rings is 1. The van der Waals surface area contributed by atoms with Crippen LogP contribution in [-0.2, 0) is 6.42 Å². The van der Waals surface area contributed by atoms with E-state index in [1.165, 1.54) is 16.5 Å². The zero-order valence-corrected chi connectivity index (χ0v) is 10.0. The second-order valence-corrected chi connectivity index (χ2v) is 4.59. The van der Waals surface area contributed by atoms with E-state index in [0.29, 0.717) is 0 Å². The third kappa shape index (κ3) is 2.36. The summed E-state index contributed by atoms with van der Waals surface area (Å²) in [5.41, 5.74) is 2.54. The fraction of sp³-hybridized carbons (Fsp3) is 0.333. The summed E-state index contributed by atoms with van der Waals surface area (Å²) in [6.07, 6.45) is 3.02. The molecule has 0 bridgehead atoms. The summed E-state index contributed by atoms with van der Waals surface area (Å²) in [7, 11) is 4.19. The number of aromatic nitrogens is 1. The molecule has 0 atom stereocenters. The van der Waals surface area contributed by atoms with Crippen LogP contribution in [0.25, 0.3) is 10.9 Å². The normalized spacial score (nSPS) is 11.5. The number of hydrogen-bond acceptors (Lipinski definition) is 2. The lowest BCUT2D eigenvalue weighted by Gasteiger charge is -2.09. The first-order chi connectivity index (χ1) is 7.16. The van der Waals surface area contributed by atoms with Crippen LogP contribution in [0.4, 0.5) is 0 Å². The third-order valence-corrected chi connectivity index (χ3v) is 2.94. The van der Waals surface area contributed by atoms with Crippen LogP contribution >= 0.6 is 12.6 Å². The molecule has 0 aliphatic heterocycles. The molecule has 2 aromatic rings. The fourth-order valence-electron chi connectivity index (χ4n) is 1.67. The van der Waals surface area contributed by atoms with Gasteiger partial charge in [0.05, 0.1) is 0 Å². The Morgan fingerprint density at radius 3 is 2.87 bits per heavy atom. The zero-order valence-electron chi connectivity index (χ0n) is 9.12.